The van der Waals surface area contributed by atoms with Gasteiger partial charge in [0, 0.05) is 12.0 Å². The predicted octanol–water partition coefficient (Wildman–Crippen LogP) is 4.50. The second-order valence-electron chi connectivity index (χ2n) is 9.21. The summed E-state index contributed by atoms with van der Waals surface area (Å²) < 4.78 is 0. The summed E-state index contributed by atoms with van der Waals surface area (Å²) in [6.45, 7) is 10.0. The Balaban J connectivity index is 2.16. The van der Waals surface area contributed by atoms with Gasteiger partial charge in [-0.2, -0.15) is 0 Å². The van der Waals surface area contributed by atoms with Gasteiger partial charge in [-0.1, -0.05) is 47.0 Å². The van der Waals surface area contributed by atoms with Crippen molar-refractivity contribution in [3.63, 3.8) is 0 Å². The maximum absolute atomic E-state index is 11.5. The molecule has 0 aromatic rings. The summed E-state index contributed by atoms with van der Waals surface area (Å²) in [4.78, 5) is 0. The molecular formula is C19H37NO. The van der Waals surface area contributed by atoms with Crippen LogP contribution in [0, 0.1) is 22.7 Å². The van der Waals surface area contributed by atoms with E-state index in [4.69, 9.17) is 5.73 Å². The monoisotopic (exact) mass is 295 g/mol. The Hall–Kier alpha value is -0.0800. The molecule has 4 atom stereocenters. The van der Waals surface area contributed by atoms with Gasteiger partial charge in [0.2, 0.25) is 0 Å². The summed E-state index contributed by atoms with van der Waals surface area (Å²) >= 11 is 0. The van der Waals surface area contributed by atoms with Gasteiger partial charge in [0.05, 0.1) is 5.60 Å². The summed E-state index contributed by atoms with van der Waals surface area (Å²) in [5.74, 6) is 1.45. The lowest BCUT2D eigenvalue weighted by Crippen LogP contribution is -2.54. The van der Waals surface area contributed by atoms with Gasteiger partial charge in [0.1, 0.15) is 0 Å². The number of hydrogen-bond donors (Lipinski definition) is 2. The summed E-state index contributed by atoms with van der Waals surface area (Å²) in [7, 11) is 0. The Labute approximate surface area is 131 Å². The molecule has 0 aromatic carbocycles. The lowest BCUT2D eigenvalue weighted by molar-refractivity contribution is -0.118. The molecule has 2 heteroatoms. The molecule has 2 rings (SSSR count). The smallest absolute Gasteiger partial charge is 0.0716 e. The highest BCUT2D eigenvalue weighted by Crippen LogP contribution is 2.52. The Morgan fingerprint density at radius 2 is 1.71 bits per heavy atom. The summed E-state index contributed by atoms with van der Waals surface area (Å²) in [6.07, 6.45) is 10.3. The van der Waals surface area contributed by atoms with E-state index in [1.54, 1.807) is 0 Å². The van der Waals surface area contributed by atoms with Gasteiger partial charge in [-0.05, 0) is 55.8 Å². The number of hydrogen-bond acceptors (Lipinski definition) is 2. The molecule has 3 N–H and O–H groups in total. The van der Waals surface area contributed by atoms with Gasteiger partial charge >= 0.3 is 0 Å². The van der Waals surface area contributed by atoms with Crippen molar-refractivity contribution in [2.75, 3.05) is 6.54 Å². The van der Waals surface area contributed by atoms with Gasteiger partial charge in [0.25, 0.3) is 0 Å². The molecule has 0 radical (unpaired) electrons. The maximum atomic E-state index is 11.5. The Morgan fingerprint density at radius 3 is 2.29 bits per heavy atom. The van der Waals surface area contributed by atoms with Crippen molar-refractivity contribution < 1.29 is 5.11 Å². The molecule has 2 aliphatic rings. The van der Waals surface area contributed by atoms with E-state index in [-0.39, 0.29) is 5.41 Å². The van der Waals surface area contributed by atoms with Crippen molar-refractivity contribution >= 4 is 0 Å². The lowest BCUT2D eigenvalue weighted by Gasteiger charge is -2.51. The fourth-order valence-electron chi connectivity index (χ4n) is 5.18. The summed E-state index contributed by atoms with van der Waals surface area (Å²) in [5.41, 5.74) is 6.06. The molecule has 2 saturated carbocycles. The van der Waals surface area contributed by atoms with Crippen LogP contribution in [0.25, 0.3) is 0 Å². The molecule has 4 unspecified atom stereocenters. The second-order valence-corrected chi connectivity index (χ2v) is 9.21. The zero-order valence-corrected chi connectivity index (χ0v) is 14.8. The van der Waals surface area contributed by atoms with Crippen LogP contribution in [0.2, 0.25) is 0 Å². The fraction of sp³-hybridized carbons (Fsp3) is 1.00. The van der Waals surface area contributed by atoms with E-state index in [9.17, 15) is 5.11 Å². The quantitative estimate of drug-likeness (QED) is 0.737. The van der Waals surface area contributed by atoms with Crippen LogP contribution >= 0.6 is 0 Å². The summed E-state index contributed by atoms with van der Waals surface area (Å²) in [6, 6.07) is 0. The molecule has 2 fully saturated rings. The van der Waals surface area contributed by atoms with E-state index in [0.29, 0.717) is 17.9 Å². The molecular weight excluding hydrogens is 258 g/mol. The molecule has 0 spiro atoms. The van der Waals surface area contributed by atoms with Crippen LogP contribution < -0.4 is 5.73 Å². The minimum atomic E-state index is -0.517. The van der Waals surface area contributed by atoms with Crippen molar-refractivity contribution in [3.05, 3.63) is 0 Å². The Kier molecular flexibility index (Phi) is 5.10. The first kappa shape index (κ1) is 17.3. The van der Waals surface area contributed by atoms with Crippen molar-refractivity contribution in [1.82, 2.24) is 0 Å². The van der Waals surface area contributed by atoms with E-state index in [1.807, 2.05) is 0 Å². The average molecular weight is 296 g/mol. The summed E-state index contributed by atoms with van der Waals surface area (Å²) in [5, 5.41) is 11.5. The normalized spacial score (nSPS) is 42.6. The van der Waals surface area contributed by atoms with Crippen LogP contribution in [0.5, 0.6) is 0 Å². The standard InChI is InChI=1S/C19H37NO/c1-15-7-5-10-18(13-15,14-20)19(21)11-6-8-16(9-12-19)17(2,3)4/h15-16,21H,5-14,20H2,1-4H3. The van der Waals surface area contributed by atoms with Gasteiger partial charge in [-0.15, -0.1) is 0 Å². The zero-order chi connectivity index (χ0) is 15.7. The van der Waals surface area contributed by atoms with Crippen LogP contribution in [0.1, 0.15) is 85.5 Å². The average Bonchev–Trinajstić information content (AvgIpc) is 2.61. The third kappa shape index (κ3) is 3.47. The number of rotatable bonds is 2. The lowest BCUT2D eigenvalue weighted by atomic mass is 9.58. The minimum absolute atomic E-state index is 0.0164. The highest BCUT2D eigenvalue weighted by atomic mass is 16.3. The molecule has 2 nitrogen and oxygen atoms in total. The van der Waals surface area contributed by atoms with Crippen molar-refractivity contribution in [2.24, 2.45) is 28.4 Å². The first-order valence-electron chi connectivity index (χ1n) is 9.15. The molecule has 0 amide bonds. The largest absolute Gasteiger partial charge is 0.389 e. The predicted molar refractivity (Wildman–Crippen MR) is 90.1 cm³/mol. The van der Waals surface area contributed by atoms with E-state index in [2.05, 4.69) is 27.7 Å². The zero-order valence-electron chi connectivity index (χ0n) is 14.8. The number of nitrogens with two attached hydrogens (primary N) is 1. The van der Waals surface area contributed by atoms with Crippen LogP contribution in [0.15, 0.2) is 0 Å². The first-order chi connectivity index (χ1) is 9.72. The van der Waals surface area contributed by atoms with Crippen LogP contribution in [-0.2, 0) is 0 Å². The molecule has 0 heterocycles. The second kappa shape index (κ2) is 6.20. The van der Waals surface area contributed by atoms with Crippen molar-refractivity contribution in [2.45, 2.75) is 91.1 Å². The Morgan fingerprint density at radius 1 is 1.05 bits per heavy atom. The highest BCUT2D eigenvalue weighted by molar-refractivity contribution is 5.03. The van der Waals surface area contributed by atoms with E-state index in [0.717, 1.165) is 44.4 Å². The van der Waals surface area contributed by atoms with Crippen LogP contribution in [0.4, 0.5) is 0 Å². The van der Waals surface area contributed by atoms with Crippen LogP contribution in [0.3, 0.4) is 0 Å². The number of aliphatic hydroxyl groups is 1. The van der Waals surface area contributed by atoms with E-state index < -0.39 is 5.60 Å². The van der Waals surface area contributed by atoms with E-state index >= 15 is 0 Å². The van der Waals surface area contributed by atoms with Crippen LogP contribution in [-0.4, -0.2) is 17.3 Å². The van der Waals surface area contributed by atoms with Gasteiger partial charge in [0.15, 0.2) is 0 Å². The topological polar surface area (TPSA) is 46.2 Å². The van der Waals surface area contributed by atoms with Gasteiger partial charge in [-0.25, -0.2) is 0 Å². The molecule has 2 aliphatic carbocycles. The molecule has 0 bridgehead atoms. The van der Waals surface area contributed by atoms with Crippen molar-refractivity contribution in [3.8, 4) is 0 Å². The molecule has 124 valence electrons. The van der Waals surface area contributed by atoms with Crippen molar-refractivity contribution in [1.29, 1.82) is 0 Å². The Bertz CT molecular complexity index is 348. The third-order valence-electron chi connectivity index (χ3n) is 6.74. The first-order valence-corrected chi connectivity index (χ1v) is 9.15. The molecule has 0 aromatic heterocycles. The van der Waals surface area contributed by atoms with Gasteiger partial charge < -0.3 is 10.8 Å². The third-order valence-corrected chi connectivity index (χ3v) is 6.74. The maximum Gasteiger partial charge on any atom is 0.0716 e. The fourth-order valence-corrected chi connectivity index (χ4v) is 5.18. The van der Waals surface area contributed by atoms with E-state index in [1.165, 1.54) is 19.3 Å². The minimum Gasteiger partial charge on any atom is -0.389 e. The molecule has 21 heavy (non-hydrogen) atoms. The highest BCUT2D eigenvalue weighted by Gasteiger charge is 2.51. The molecule has 0 saturated heterocycles. The molecule has 0 aliphatic heterocycles. The van der Waals surface area contributed by atoms with Gasteiger partial charge in [-0.3, -0.25) is 0 Å². The SMILES string of the molecule is CC1CCCC(CN)(C2(O)CCCC(C(C)(C)C)CC2)C1.